The average molecular weight is 278 g/mol. The first kappa shape index (κ1) is 13.7. The molecular formula is C14H22N4O2. The largest absolute Gasteiger partial charge is 0.393 e. The lowest BCUT2D eigenvalue weighted by Gasteiger charge is -2.31. The molecule has 0 aliphatic carbocycles. The van der Waals surface area contributed by atoms with Crippen molar-refractivity contribution in [2.75, 3.05) is 37.7 Å². The quantitative estimate of drug-likeness (QED) is 0.816. The fourth-order valence-corrected chi connectivity index (χ4v) is 2.77. The summed E-state index contributed by atoms with van der Waals surface area (Å²) in [7, 11) is 0. The van der Waals surface area contributed by atoms with E-state index in [1.54, 1.807) is 0 Å². The summed E-state index contributed by atoms with van der Waals surface area (Å²) in [6, 6.07) is 2.21. The molecule has 1 atom stereocenters. The number of ether oxygens (including phenoxy) is 1. The summed E-state index contributed by atoms with van der Waals surface area (Å²) in [4.78, 5) is 11.3. The molecule has 2 N–H and O–H groups in total. The molecule has 3 heterocycles. The molecule has 2 fully saturated rings. The molecule has 0 saturated carbocycles. The minimum Gasteiger partial charge on any atom is -0.393 e. The number of aliphatic hydroxyl groups is 1. The van der Waals surface area contributed by atoms with Crippen LogP contribution in [-0.2, 0) is 4.74 Å². The summed E-state index contributed by atoms with van der Waals surface area (Å²) in [5.41, 5.74) is 0.998. The van der Waals surface area contributed by atoms with Gasteiger partial charge in [0.25, 0.3) is 0 Å². The number of aryl methyl sites for hydroxylation is 1. The van der Waals surface area contributed by atoms with Crippen LogP contribution in [0.5, 0.6) is 0 Å². The zero-order valence-corrected chi connectivity index (χ0v) is 11.9. The van der Waals surface area contributed by atoms with E-state index in [2.05, 4.69) is 26.3 Å². The molecule has 0 spiro atoms. The predicted molar refractivity (Wildman–Crippen MR) is 75.8 cm³/mol. The van der Waals surface area contributed by atoms with E-state index in [0.29, 0.717) is 6.61 Å². The Morgan fingerprint density at radius 2 is 2.15 bits per heavy atom. The monoisotopic (exact) mass is 278 g/mol. The number of aliphatic hydroxyl groups excluding tert-OH is 1. The zero-order chi connectivity index (χ0) is 13.9. The van der Waals surface area contributed by atoms with Gasteiger partial charge in [-0.1, -0.05) is 0 Å². The van der Waals surface area contributed by atoms with Gasteiger partial charge >= 0.3 is 0 Å². The number of rotatable bonds is 2. The Balaban J connectivity index is 1.79. The van der Waals surface area contributed by atoms with Crippen molar-refractivity contribution in [1.29, 1.82) is 0 Å². The third kappa shape index (κ3) is 3.08. The van der Waals surface area contributed by atoms with E-state index in [0.717, 1.165) is 56.4 Å². The number of hydrogen-bond acceptors (Lipinski definition) is 6. The number of aromatic nitrogens is 2. The summed E-state index contributed by atoms with van der Waals surface area (Å²) in [5, 5.41) is 13.0. The van der Waals surface area contributed by atoms with Gasteiger partial charge in [-0.2, -0.15) is 0 Å². The molecule has 0 aromatic carbocycles. The average Bonchev–Trinajstić information content (AvgIpc) is 2.48. The molecule has 2 saturated heterocycles. The van der Waals surface area contributed by atoms with E-state index in [9.17, 15) is 5.11 Å². The van der Waals surface area contributed by atoms with Crippen LogP contribution in [0.2, 0.25) is 0 Å². The first-order valence-corrected chi connectivity index (χ1v) is 7.32. The number of hydrogen-bond donors (Lipinski definition) is 2. The third-order valence-electron chi connectivity index (χ3n) is 3.91. The maximum absolute atomic E-state index is 9.60. The van der Waals surface area contributed by atoms with Crippen molar-refractivity contribution in [2.24, 2.45) is 0 Å². The second kappa shape index (κ2) is 6.03. The van der Waals surface area contributed by atoms with Crippen LogP contribution in [0, 0.1) is 6.92 Å². The lowest BCUT2D eigenvalue weighted by Crippen LogP contribution is -2.37. The van der Waals surface area contributed by atoms with Gasteiger partial charge in [-0.05, 0) is 19.8 Å². The van der Waals surface area contributed by atoms with Crippen molar-refractivity contribution in [2.45, 2.75) is 31.9 Å². The molecule has 0 unspecified atom stereocenters. The van der Waals surface area contributed by atoms with Crippen LogP contribution >= 0.6 is 0 Å². The Morgan fingerprint density at radius 3 is 2.85 bits per heavy atom. The van der Waals surface area contributed by atoms with E-state index >= 15 is 0 Å². The van der Waals surface area contributed by atoms with Crippen LogP contribution in [0.15, 0.2) is 6.07 Å². The molecule has 1 aromatic rings. The summed E-state index contributed by atoms with van der Waals surface area (Å²) in [5.74, 6) is 1.75. The maximum atomic E-state index is 9.60. The Bertz CT molecular complexity index is 454. The second-order valence-electron chi connectivity index (χ2n) is 5.50. The fraction of sp³-hybridized carbons (Fsp3) is 0.714. The molecule has 0 amide bonds. The van der Waals surface area contributed by atoms with Crippen LogP contribution in [0.25, 0.3) is 0 Å². The maximum Gasteiger partial charge on any atom is 0.132 e. The molecular weight excluding hydrogens is 256 g/mol. The second-order valence-corrected chi connectivity index (χ2v) is 5.50. The molecule has 110 valence electrons. The van der Waals surface area contributed by atoms with Crippen LogP contribution in [0.4, 0.5) is 5.82 Å². The zero-order valence-electron chi connectivity index (χ0n) is 11.9. The summed E-state index contributed by atoms with van der Waals surface area (Å²) in [6.07, 6.45) is 1.45. The van der Waals surface area contributed by atoms with E-state index < -0.39 is 0 Å². The highest BCUT2D eigenvalue weighted by atomic mass is 16.5. The lowest BCUT2D eigenvalue weighted by atomic mass is 10.1. The third-order valence-corrected chi connectivity index (χ3v) is 3.91. The molecule has 6 heteroatoms. The Labute approximate surface area is 119 Å². The summed E-state index contributed by atoms with van der Waals surface area (Å²) < 4.78 is 5.51. The van der Waals surface area contributed by atoms with Gasteiger partial charge in [-0.3, -0.25) is 0 Å². The summed E-state index contributed by atoms with van der Waals surface area (Å²) >= 11 is 0. The van der Waals surface area contributed by atoms with Crippen molar-refractivity contribution in [3.8, 4) is 0 Å². The molecule has 6 nitrogen and oxygen atoms in total. The van der Waals surface area contributed by atoms with Crippen LogP contribution < -0.4 is 10.2 Å². The van der Waals surface area contributed by atoms with Crippen molar-refractivity contribution < 1.29 is 9.84 Å². The van der Waals surface area contributed by atoms with Crippen molar-refractivity contribution in [3.05, 3.63) is 17.6 Å². The van der Waals surface area contributed by atoms with E-state index in [1.807, 2.05) is 6.92 Å². The van der Waals surface area contributed by atoms with Gasteiger partial charge in [0.15, 0.2) is 0 Å². The first-order valence-electron chi connectivity index (χ1n) is 7.32. The molecule has 2 aliphatic rings. The summed E-state index contributed by atoms with van der Waals surface area (Å²) in [6.45, 7) is 5.91. The molecule has 20 heavy (non-hydrogen) atoms. The number of nitrogens with one attached hydrogen (secondary N) is 1. The number of nitrogens with zero attached hydrogens (tertiary/aromatic N) is 3. The SMILES string of the molecule is Cc1nc([C@H]2COCCN2)cc(N2CCC(O)CC2)n1. The van der Waals surface area contributed by atoms with E-state index in [1.165, 1.54) is 0 Å². The standard InChI is InChI=1S/C14H22N4O2/c1-10-16-12(13-9-20-7-4-15-13)8-14(17-10)18-5-2-11(19)3-6-18/h8,11,13,15,19H,2-7,9H2,1H3/t13-/m1/s1. The van der Waals surface area contributed by atoms with Gasteiger partial charge in [0.05, 0.1) is 31.1 Å². The highest BCUT2D eigenvalue weighted by molar-refractivity contribution is 5.41. The molecule has 2 aliphatic heterocycles. The predicted octanol–water partition coefficient (Wildman–Crippen LogP) is 0.407. The molecule has 0 bridgehead atoms. The van der Waals surface area contributed by atoms with E-state index in [4.69, 9.17) is 4.74 Å². The fourth-order valence-electron chi connectivity index (χ4n) is 2.77. The number of piperidine rings is 1. The highest BCUT2D eigenvalue weighted by Gasteiger charge is 2.22. The molecule has 0 radical (unpaired) electrons. The Morgan fingerprint density at radius 1 is 1.35 bits per heavy atom. The Hall–Kier alpha value is -1.24. The highest BCUT2D eigenvalue weighted by Crippen LogP contribution is 2.22. The van der Waals surface area contributed by atoms with Crippen LogP contribution in [0.3, 0.4) is 0 Å². The minimum atomic E-state index is -0.165. The van der Waals surface area contributed by atoms with Crippen LogP contribution in [0.1, 0.15) is 30.4 Å². The van der Waals surface area contributed by atoms with E-state index in [-0.39, 0.29) is 12.1 Å². The topological polar surface area (TPSA) is 70.5 Å². The first-order chi connectivity index (χ1) is 9.72. The smallest absolute Gasteiger partial charge is 0.132 e. The lowest BCUT2D eigenvalue weighted by molar-refractivity contribution is 0.0755. The van der Waals surface area contributed by atoms with Gasteiger partial charge in [0.2, 0.25) is 0 Å². The van der Waals surface area contributed by atoms with Gasteiger partial charge in [-0.25, -0.2) is 9.97 Å². The number of morpholine rings is 1. The van der Waals surface area contributed by atoms with Crippen molar-refractivity contribution >= 4 is 5.82 Å². The Kier molecular flexibility index (Phi) is 4.14. The van der Waals surface area contributed by atoms with Gasteiger partial charge < -0.3 is 20.1 Å². The van der Waals surface area contributed by atoms with Crippen LogP contribution in [-0.4, -0.2) is 54.0 Å². The van der Waals surface area contributed by atoms with Gasteiger partial charge in [0.1, 0.15) is 11.6 Å². The molecule has 1 aromatic heterocycles. The van der Waals surface area contributed by atoms with Gasteiger partial charge in [0, 0.05) is 25.7 Å². The van der Waals surface area contributed by atoms with Gasteiger partial charge in [-0.15, -0.1) is 0 Å². The minimum absolute atomic E-state index is 0.152. The van der Waals surface area contributed by atoms with Crippen molar-refractivity contribution in [1.82, 2.24) is 15.3 Å². The molecule has 3 rings (SSSR count). The number of anilines is 1. The van der Waals surface area contributed by atoms with Crippen molar-refractivity contribution in [3.63, 3.8) is 0 Å². The normalized spacial score (nSPS) is 24.9.